The molecule has 1 heterocycles. The first-order valence-corrected chi connectivity index (χ1v) is 13.3. The van der Waals surface area contributed by atoms with Crippen LogP contribution in [0.5, 0.6) is 0 Å². The van der Waals surface area contributed by atoms with Gasteiger partial charge in [-0.1, -0.05) is 0 Å². The molecule has 6 nitrogen and oxygen atoms in total. The van der Waals surface area contributed by atoms with Crippen LogP contribution in [0.1, 0.15) is 16.1 Å². The molecule has 3 rings (SSSR count). The molecule has 0 saturated heterocycles. The van der Waals surface area contributed by atoms with E-state index in [4.69, 9.17) is 4.42 Å². The van der Waals surface area contributed by atoms with E-state index in [-0.39, 0.29) is 10.8 Å². The number of anilines is 1. The minimum atomic E-state index is -3.68. The fraction of sp³-hybridized carbons (Fsp3) is 0.227. The van der Waals surface area contributed by atoms with Gasteiger partial charge in [-0.15, -0.1) is 11.8 Å². The molecule has 0 aliphatic heterocycles. The maximum Gasteiger partial charge on any atom is 0.264 e. The highest BCUT2D eigenvalue weighted by Crippen LogP contribution is 2.24. The average Bonchev–Trinajstić information content (AvgIpc) is 3.32. The molecule has 31 heavy (non-hydrogen) atoms. The normalized spacial score (nSPS) is 11.3. The molecule has 0 aliphatic carbocycles. The van der Waals surface area contributed by atoms with Crippen molar-refractivity contribution < 1.29 is 17.6 Å². The lowest BCUT2D eigenvalue weighted by Crippen LogP contribution is -2.27. The van der Waals surface area contributed by atoms with Gasteiger partial charge in [0.2, 0.25) is 0 Å². The summed E-state index contributed by atoms with van der Waals surface area (Å²) in [5.74, 6) is 2.24. The summed E-state index contributed by atoms with van der Waals surface area (Å²) < 4.78 is 32.2. The zero-order chi connectivity index (χ0) is 22.3. The Kier molecular flexibility index (Phi) is 8.11. The molecular weight excluding hydrogens is 452 g/mol. The number of furan rings is 1. The van der Waals surface area contributed by atoms with Crippen molar-refractivity contribution in [1.29, 1.82) is 0 Å². The molecule has 164 valence electrons. The molecule has 0 radical (unpaired) electrons. The average molecular weight is 477 g/mol. The first-order chi connectivity index (χ1) is 14.9. The fourth-order valence-electron chi connectivity index (χ4n) is 2.77. The number of nitrogens with zero attached hydrogens (tertiary/aromatic N) is 1. The van der Waals surface area contributed by atoms with Gasteiger partial charge in [0.15, 0.2) is 0 Å². The quantitative estimate of drug-likeness (QED) is 0.343. The SMILES string of the molecule is CSc1ccc(S(=O)(=O)N(C)c2ccc(C(=O)NCCSCc3ccco3)cc2)cc1. The van der Waals surface area contributed by atoms with Crippen molar-refractivity contribution in [3.05, 3.63) is 78.3 Å². The lowest BCUT2D eigenvalue weighted by atomic mass is 10.2. The molecule has 1 amide bonds. The van der Waals surface area contributed by atoms with Crippen LogP contribution in [0.25, 0.3) is 0 Å². The van der Waals surface area contributed by atoms with Gasteiger partial charge < -0.3 is 9.73 Å². The number of carbonyl (C=O) groups excluding carboxylic acids is 1. The van der Waals surface area contributed by atoms with Crippen molar-refractivity contribution in [2.45, 2.75) is 15.5 Å². The van der Waals surface area contributed by atoms with Crippen molar-refractivity contribution >= 4 is 45.1 Å². The minimum absolute atomic E-state index is 0.191. The van der Waals surface area contributed by atoms with Crippen LogP contribution in [-0.4, -0.2) is 39.9 Å². The molecule has 3 aromatic rings. The highest BCUT2D eigenvalue weighted by atomic mass is 32.2. The monoisotopic (exact) mass is 476 g/mol. The Bertz CT molecular complexity index is 1080. The van der Waals surface area contributed by atoms with E-state index < -0.39 is 10.0 Å². The summed E-state index contributed by atoms with van der Waals surface area (Å²) in [6.45, 7) is 0.534. The Morgan fingerprint density at radius 2 is 1.77 bits per heavy atom. The lowest BCUT2D eigenvalue weighted by molar-refractivity contribution is 0.0956. The van der Waals surface area contributed by atoms with Gasteiger partial charge >= 0.3 is 0 Å². The van der Waals surface area contributed by atoms with Crippen molar-refractivity contribution in [1.82, 2.24) is 5.32 Å². The molecule has 1 aromatic heterocycles. The summed E-state index contributed by atoms with van der Waals surface area (Å²) in [7, 11) is -2.17. The first kappa shape index (κ1) is 23.3. The number of hydrogen-bond acceptors (Lipinski definition) is 6. The van der Waals surface area contributed by atoms with Crippen LogP contribution in [-0.2, 0) is 15.8 Å². The maximum absolute atomic E-state index is 12.9. The van der Waals surface area contributed by atoms with Crippen LogP contribution < -0.4 is 9.62 Å². The van der Waals surface area contributed by atoms with E-state index in [1.165, 1.54) is 11.4 Å². The van der Waals surface area contributed by atoms with Crippen molar-refractivity contribution in [2.75, 3.05) is 29.9 Å². The number of carbonyl (C=O) groups is 1. The predicted molar refractivity (Wildman–Crippen MR) is 127 cm³/mol. The summed E-state index contributed by atoms with van der Waals surface area (Å²) in [6.07, 6.45) is 3.58. The maximum atomic E-state index is 12.9. The molecular formula is C22H24N2O4S3. The smallest absolute Gasteiger partial charge is 0.264 e. The minimum Gasteiger partial charge on any atom is -0.468 e. The van der Waals surface area contributed by atoms with Crippen LogP contribution in [0.2, 0.25) is 0 Å². The number of amides is 1. The molecule has 0 aliphatic rings. The van der Waals surface area contributed by atoms with Crippen LogP contribution >= 0.6 is 23.5 Å². The number of hydrogen-bond donors (Lipinski definition) is 1. The second kappa shape index (κ2) is 10.8. The van der Waals surface area contributed by atoms with Gasteiger partial charge in [-0.2, -0.15) is 11.8 Å². The molecule has 0 saturated carbocycles. The van der Waals surface area contributed by atoms with E-state index in [1.807, 2.05) is 18.4 Å². The van der Waals surface area contributed by atoms with Crippen molar-refractivity contribution in [2.24, 2.45) is 0 Å². The number of sulfonamides is 1. The standard InChI is InChI=1S/C22H24N2O4S3/c1-24(31(26,27)21-11-9-20(29-2)10-12-21)18-7-5-17(6-8-18)22(25)23-13-15-30-16-19-4-3-14-28-19/h3-12,14H,13,15-16H2,1-2H3,(H,23,25). The first-order valence-electron chi connectivity index (χ1n) is 9.53. The Labute approximate surface area is 191 Å². The zero-order valence-electron chi connectivity index (χ0n) is 17.3. The van der Waals surface area contributed by atoms with E-state index in [1.54, 1.807) is 78.3 Å². The third-order valence-corrected chi connectivity index (χ3v) is 8.09. The number of thioether (sulfide) groups is 2. The zero-order valence-corrected chi connectivity index (χ0v) is 19.7. The highest BCUT2D eigenvalue weighted by Gasteiger charge is 2.21. The summed E-state index contributed by atoms with van der Waals surface area (Å²) in [4.78, 5) is 13.5. The van der Waals surface area contributed by atoms with Crippen LogP contribution in [0.15, 0.2) is 81.1 Å². The second-order valence-electron chi connectivity index (χ2n) is 6.58. The third kappa shape index (κ3) is 6.09. The number of rotatable bonds is 10. The molecule has 0 fully saturated rings. The third-order valence-electron chi connectivity index (χ3n) is 4.57. The fourth-order valence-corrected chi connectivity index (χ4v) is 5.13. The summed E-state index contributed by atoms with van der Waals surface area (Å²) in [5, 5.41) is 2.87. The number of nitrogens with one attached hydrogen (secondary N) is 1. The van der Waals surface area contributed by atoms with Crippen molar-refractivity contribution in [3.8, 4) is 0 Å². The van der Waals surface area contributed by atoms with Crippen molar-refractivity contribution in [3.63, 3.8) is 0 Å². The molecule has 2 aromatic carbocycles. The van der Waals surface area contributed by atoms with Gasteiger partial charge in [0, 0.05) is 29.8 Å². The van der Waals surface area contributed by atoms with E-state index in [2.05, 4.69) is 5.32 Å². The van der Waals surface area contributed by atoms with Gasteiger partial charge in [0.05, 0.1) is 22.6 Å². The van der Waals surface area contributed by atoms with Gasteiger partial charge in [0.1, 0.15) is 5.76 Å². The second-order valence-corrected chi connectivity index (χ2v) is 10.5. The highest BCUT2D eigenvalue weighted by molar-refractivity contribution is 7.98. The Hall–Kier alpha value is -2.36. The van der Waals surface area contributed by atoms with E-state index in [9.17, 15) is 13.2 Å². The largest absolute Gasteiger partial charge is 0.468 e. The summed E-state index contributed by atoms with van der Waals surface area (Å²) in [5.41, 5.74) is 0.967. The van der Waals surface area contributed by atoms with E-state index >= 15 is 0 Å². The summed E-state index contributed by atoms with van der Waals surface area (Å²) in [6, 6.07) is 17.1. The van der Waals surface area contributed by atoms with Crippen LogP contribution in [0, 0.1) is 0 Å². The van der Waals surface area contributed by atoms with Gasteiger partial charge in [-0.25, -0.2) is 8.42 Å². The van der Waals surface area contributed by atoms with Gasteiger partial charge in [-0.05, 0) is 66.9 Å². The summed E-state index contributed by atoms with van der Waals surface area (Å²) >= 11 is 3.23. The molecule has 0 spiro atoms. The van der Waals surface area contributed by atoms with E-state index in [0.717, 1.165) is 22.2 Å². The molecule has 0 atom stereocenters. The molecule has 0 unspecified atom stereocenters. The number of benzene rings is 2. The van der Waals surface area contributed by atoms with Crippen LogP contribution in [0.3, 0.4) is 0 Å². The molecule has 1 N–H and O–H groups in total. The lowest BCUT2D eigenvalue weighted by Gasteiger charge is -2.20. The van der Waals surface area contributed by atoms with Gasteiger partial charge in [0.25, 0.3) is 15.9 Å². The predicted octanol–water partition coefficient (Wildman–Crippen LogP) is 4.49. The van der Waals surface area contributed by atoms with E-state index in [0.29, 0.717) is 17.8 Å². The Morgan fingerprint density at radius 1 is 1.06 bits per heavy atom. The Morgan fingerprint density at radius 3 is 2.39 bits per heavy atom. The Balaban J connectivity index is 1.54. The van der Waals surface area contributed by atoms with Crippen LogP contribution in [0.4, 0.5) is 5.69 Å². The van der Waals surface area contributed by atoms with Gasteiger partial charge in [-0.3, -0.25) is 9.10 Å². The topological polar surface area (TPSA) is 79.6 Å². The molecule has 0 bridgehead atoms. The molecule has 9 heteroatoms.